The molecule has 0 bridgehead atoms. The first-order valence-electron chi connectivity index (χ1n) is 8.37. The smallest absolute Gasteiger partial charge is 0.235 e. The Morgan fingerprint density at radius 1 is 1.52 bits per heavy atom. The fourth-order valence-electron chi connectivity index (χ4n) is 3.32. The summed E-state index contributed by atoms with van der Waals surface area (Å²) in [4.78, 5) is 15.2. The van der Waals surface area contributed by atoms with Crippen molar-refractivity contribution < 1.29 is 4.79 Å². The highest BCUT2D eigenvalue weighted by Crippen LogP contribution is 2.43. The first-order valence-corrected chi connectivity index (χ1v) is 10.3. The molecule has 5 nitrogen and oxygen atoms in total. The number of amides is 1. The average Bonchev–Trinajstić information content (AvgIpc) is 3.06. The number of hydrogen-bond donors (Lipinski definition) is 2. The van der Waals surface area contributed by atoms with Gasteiger partial charge in [0.05, 0.1) is 26.0 Å². The molecule has 0 aliphatic carbocycles. The van der Waals surface area contributed by atoms with Crippen LogP contribution in [0, 0.1) is 25.5 Å². The summed E-state index contributed by atoms with van der Waals surface area (Å²) in [5.74, 6) is -0.335. The first-order chi connectivity index (χ1) is 12.8. The number of nitriles is 1. The second-order valence-corrected chi connectivity index (χ2v) is 9.50. The van der Waals surface area contributed by atoms with E-state index in [0.29, 0.717) is 12.0 Å². The maximum atomic E-state index is 12.8. The highest BCUT2D eigenvalue weighted by Gasteiger charge is 2.47. The summed E-state index contributed by atoms with van der Waals surface area (Å²) in [6.07, 6.45) is 2.27. The largest absolute Gasteiger partial charge is 0.345 e. The van der Waals surface area contributed by atoms with Gasteiger partial charge in [-0.1, -0.05) is 18.2 Å². The molecule has 1 fully saturated rings. The van der Waals surface area contributed by atoms with E-state index < -0.39 is 5.54 Å². The predicted octanol–water partition coefficient (Wildman–Crippen LogP) is 4.30. The number of rotatable bonds is 4. The van der Waals surface area contributed by atoms with E-state index in [2.05, 4.69) is 46.6 Å². The Kier molecular flexibility index (Phi) is 5.40. The molecule has 1 amide bonds. The zero-order chi connectivity index (χ0) is 19.8. The van der Waals surface area contributed by atoms with E-state index in [0.717, 1.165) is 18.9 Å². The summed E-state index contributed by atoms with van der Waals surface area (Å²) in [7, 11) is 1.62. The van der Waals surface area contributed by atoms with Gasteiger partial charge in [0.2, 0.25) is 5.91 Å². The molecule has 2 heterocycles. The summed E-state index contributed by atoms with van der Waals surface area (Å²) < 4.78 is 1.08. The Balaban J connectivity index is 2.09. The number of nitrogens with zero attached hydrogens (tertiary/aromatic N) is 2. The Bertz CT molecular complexity index is 977. The Morgan fingerprint density at radius 3 is 2.93 bits per heavy atom. The van der Waals surface area contributed by atoms with Crippen molar-refractivity contribution in [3.8, 4) is 17.2 Å². The zero-order valence-electron chi connectivity index (χ0n) is 15.0. The molecule has 1 aromatic carbocycles. The van der Waals surface area contributed by atoms with Crippen molar-refractivity contribution in [3.05, 3.63) is 56.3 Å². The molecule has 0 radical (unpaired) electrons. The maximum absolute atomic E-state index is 12.8. The summed E-state index contributed by atoms with van der Waals surface area (Å²) in [5, 5.41) is 20.6. The minimum atomic E-state index is -0.690. The molecule has 1 saturated heterocycles. The third kappa shape index (κ3) is 3.39. The number of carbonyl (C=O) groups is 1. The van der Waals surface area contributed by atoms with Crippen LogP contribution in [0.1, 0.15) is 23.8 Å². The quantitative estimate of drug-likeness (QED) is 0.496. The standard InChI is InChI=1S/C20H19IN4OS/c1-4-6-15-18(26)25(3)19(23)24-20(15,2)16-10-14(17(21)27-16)13-8-5-7-12(9-13)11-22/h4-5,7-10,15H,1,6H2,2-3H3,(H2,23,24)/t15-,20-/m0/s1. The van der Waals surface area contributed by atoms with E-state index in [9.17, 15) is 10.1 Å². The van der Waals surface area contributed by atoms with Crippen molar-refractivity contribution in [2.24, 2.45) is 5.92 Å². The van der Waals surface area contributed by atoms with Gasteiger partial charge in [-0.25, -0.2) is 0 Å². The van der Waals surface area contributed by atoms with Gasteiger partial charge in [0.15, 0.2) is 5.96 Å². The lowest BCUT2D eigenvalue weighted by Crippen LogP contribution is -2.63. The van der Waals surface area contributed by atoms with Crippen molar-refractivity contribution in [2.45, 2.75) is 18.9 Å². The Labute approximate surface area is 176 Å². The lowest BCUT2D eigenvalue weighted by Gasteiger charge is -2.44. The van der Waals surface area contributed by atoms with E-state index in [4.69, 9.17) is 5.41 Å². The van der Waals surface area contributed by atoms with Gasteiger partial charge in [-0.15, -0.1) is 17.9 Å². The van der Waals surface area contributed by atoms with Gasteiger partial charge in [-0.05, 0) is 59.7 Å². The molecule has 1 aliphatic rings. The van der Waals surface area contributed by atoms with Crippen LogP contribution in [0.15, 0.2) is 43.0 Å². The minimum Gasteiger partial charge on any atom is -0.345 e. The molecule has 3 rings (SSSR count). The van der Waals surface area contributed by atoms with Gasteiger partial charge >= 0.3 is 0 Å². The fraction of sp³-hybridized carbons (Fsp3) is 0.250. The Morgan fingerprint density at radius 2 is 2.26 bits per heavy atom. The first kappa shape index (κ1) is 19.6. The van der Waals surface area contributed by atoms with Crippen LogP contribution in [0.3, 0.4) is 0 Å². The van der Waals surface area contributed by atoms with Crippen LogP contribution in [0.25, 0.3) is 11.1 Å². The van der Waals surface area contributed by atoms with E-state index >= 15 is 0 Å². The highest BCUT2D eigenvalue weighted by molar-refractivity contribution is 14.1. The van der Waals surface area contributed by atoms with E-state index in [1.54, 1.807) is 30.5 Å². The van der Waals surface area contributed by atoms with Gasteiger partial charge in [-0.2, -0.15) is 5.26 Å². The summed E-state index contributed by atoms with van der Waals surface area (Å²) in [6, 6.07) is 11.7. The molecule has 1 aliphatic heterocycles. The van der Waals surface area contributed by atoms with Crippen molar-refractivity contribution in [2.75, 3.05) is 7.05 Å². The van der Waals surface area contributed by atoms with Crippen LogP contribution in [-0.4, -0.2) is 23.8 Å². The van der Waals surface area contributed by atoms with Crippen LogP contribution in [0.2, 0.25) is 0 Å². The number of thiophene rings is 1. The van der Waals surface area contributed by atoms with E-state index in [-0.39, 0.29) is 17.8 Å². The second-order valence-electron chi connectivity index (χ2n) is 6.64. The van der Waals surface area contributed by atoms with Crippen LogP contribution in [0.5, 0.6) is 0 Å². The fourth-order valence-corrected chi connectivity index (χ4v) is 5.56. The summed E-state index contributed by atoms with van der Waals surface area (Å²) in [6.45, 7) is 5.77. The van der Waals surface area contributed by atoms with Crippen molar-refractivity contribution in [1.29, 1.82) is 10.7 Å². The monoisotopic (exact) mass is 490 g/mol. The molecule has 2 N–H and O–H groups in total. The molecule has 7 heteroatoms. The van der Waals surface area contributed by atoms with Gasteiger partial charge in [-0.3, -0.25) is 15.1 Å². The Hall–Kier alpha value is -2.18. The van der Waals surface area contributed by atoms with Crippen molar-refractivity contribution in [3.63, 3.8) is 0 Å². The number of halogens is 1. The number of allylic oxidation sites excluding steroid dienone is 1. The number of carbonyl (C=O) groups excluding carboxylic acids is 1. The predicted molar refractivity (Wildman–Crippen MR) is 116 cm³/mol. The number of nitrogens with one attached hydrogen (secondary N) is 2. The topological polar surface area (TPSA) is 80.0 Å². The van der Waals surface area contributed by atoms with Crippen LogP contribution >= 0.6 is 33.9 Å². The SMILES string of the molecule is C=CC[C@H]1C(=O)N(C)C(=N)N[C@]1(C)c1cc(-c2cccc(C#N)c2)c(I)s1. The normalized spacial score (nSPS) is 22.3. The number of hydrogen-bond acceptors (Lipinski definition) is 4. The maximum Gasteiger partial charge on any atom is 0.235 e. The van der Waals surface area contributed by atoms with Gasteiger partial charge in [0, 0.05) is 17.5 Å². The van der Waals surface area contributed by atoms with Crippen molar-refractivity contribution >= 4 is 45.8 Å². The van der Waals surface area contributed by atoms with Crippen LogP contribution < -0.4 is 5.32 Å². The molecule has 0 spiro atoms. The molecular weight excluding hydrogens is 471 g/mol. The molecule has 0 saturated carbocycles. The lowest BCUT2D eigenvalue weighted by atomic mass is 9.79. The minimum absolute atomic E-state index is 0.0856. The molecule has 138 valence electrons. The van der Waals surface area contributed by atoms with Crippen LogP contribution in [-0.2, 0) is 10.3 Å². The van der Waals surface area contributed by atoms with E-state index in [1.165, 1.54) is 4.90 Å². The molecule has 27 heavy (non-hydrogen) atoms. The number of benzene rings is 1. The molecule has 2 aromatic rings. The molecule has 0 unspecified atom stereocenters. The van der Waals surface area contributed by atoms with Gasteiger partial charge in [0.1, 0.15) is 0 Å². The third-order valence-corrected chi connectivity index (χ3v) is 7.35. The number of guanidine groups is 1. The van der Waals surface area contributed by atoms with Crippen molar-refractivity contribution in [1.82, 2.24) is 10.2 Å². The van der Waals surface area contributed by atoms with Crippen LogP contribution in [0.4, 0.5) is 0 Å². The summed E-state index contributed by atoms with van der Waals surface area (Å²) in [5.41, 5.74) is 1.93. The average molecular weight is 490 g/mol. The third-order valence-electron chi connectivity index (χ3n) is 4.94. The molecular formula is C20H19IN4OS. The zero-order valence-corrected chi connectivity index (χ0v) is 18.0. The highest BCUT2D eigenvalue weighted by atomic mass is 127. The second kappa shape index (κ2) is 7.44. The summed E-state index contributed by atoms with van der Waals surface area (Å²) >= 11 is 3.90. The lowest BCUT2D eigenvalue weighted by molar-refractivity contribution is -0.135. The van der Waals surface area contributed by atoms with Gasteiger partial charge < -0.3 is 5.32 Å². The van der Waals surface area contributed by atoms with E-state index in [1.807, 2.05) is 25.1 Å². The molecule has 1 aromatic heterocycles. The molecule has 2 atom stereocenters. The van der Waals surface area contributed by atoms with Gasteiger partial charge in [0.25, 0.3) is 0 Å².